The van der Waals surface area contributed by atoms with Gasteiger partial charge in [0.2, 0.25) is 0 Å². The highest BCUT2D eigenvalue weighted by Gasteiger charge is 2.13. The SMILES string of the molecule is CC(C)=CCC/C(C)=C/C(C)C(O)/C(C)=C/CC/C(C)=C/CC(C)S(=O)O. The maximum Gasteiger partial charge on any atom is 0.156 e. The predicted octanol–water partition coefficient (Wildman–Crippen LogP) is 6.35. The van der Waals surface area contributed by atoms with Gasteiger partial charge in [-0.3, -0.25) is 0 Å². The molecule has 0 aliphatic heterocycles. The molecule has 0 saturated heterocycles. The van der Waals surface area contributed by atoms with E-state index in [2.05, 4.69) is 45.9 Å². The molecule has 0 heterocycles. The van der Waals surface area contributed by atoms with Crippen LogP contribution in [0.5, 0.6) is 0 Å². The largest absolute Gasteiger partial charge is 0.388 e. The minimum Gasteiger partial charge on any atom is -0.388 e. The van der Waals surface area contributed by atoms with E-state index in [9.17, 15) is 9.32 Å². The molecule has 0 bridgehead atoms. The maximum absolute atomic E-state index is 11.0. The molecule has 0 aliphatic rings. The third kappa shape index (κ3) is 12.9. The number of hydrogen-bond acceptors (Lipinski definition) is 2. The second-order valence-electron chi connectivity index (χ2n) is 8.00. The molecular formula is C23H40O3S. The van der Waals surface area contributed by atoms with Crippen LogP contribution in [0.25, 0.3) is 0 Å². The molecule has 4 heteroatoms. The van der Waals surface area contributed by atoms with Crippen LogP contribution in [-0.2, 0) is 11.1 Å². The molecule has 0 rings (SSSR count). The second kappa shape index (κ2) is 14.1. The van der Waals surface area contributed by atoms with Gasteiger partial charge in [-0.05, 0) is 79.2 Å². The highest BCUT2D eigenvalue weighted by Crippen LogP contribution is 2.19. The van der Waals surface area contributed by atoms with Crippen LogP contribution < -0.4 is 0 Å². The molecule has 0 aromatic rings. The van der Waals surface area contributed by atoms with Crippen molar-refractivity contribution in [3.8, 4) is 0 Å². The molecule has 27 heavy (non-hydrogen) atoms. The first kappa shape index (κ1) is 26.0. The summed E-state index contributed by atoms with van der Waals surface area (Å²) in [5, 5.41) is 10.3. The Morgan fingerprint density at radius 3 is 2.04 bits per heavy atom. The van der Waals surface area contributed by atoms with Gasteiger partial charge in [-0.2, -0.15) is 0 Å². The van der Waals surface area contributed by atoms with E-state index in [1.165, 1.54) is 16.7 Å². The zero-order valence-electron chi connectivity index (χ0n) is 18.3. The summed E-state index contributed by atoms with van der Waals surface area (Å²) in [5.74, 6) is 0.102. The molecule has 0 aliphatic carbocycles. The van der Waals surface area contributed by atoms with Crippen molar-refractivity contribution < 1.29 is 13.9 Å². The van der Waals surface area contributed by atoms with E-state index in [1.807, 2.05) is 19.9 Å². The van der Waals surface area contributed by atoms with Crippen molar-refractivity contribution >= 4 is 11.1 Å². The summed E-state index contributed by atoms with van der Waals surface area (Å²) in [4.78, 5) is 0. The van der Waals surface area contributed by atoms with Crippen molar-refractivity contribution in [2.45, 2.75) is 91.9 Å². The lowest BCUT2D eigenvalue weighted by Gasteiger charge is -2.18. The summed E-state index contributed by atoms with van der Waals surface area (Å²) < 4.78 is 20.0. The number of aliphatic hydroxyl groups is 1. The zero-order chi connectivity index (χ0) is 21.0. The van der Waals surface area contributed by atoms with Crippen LogP contribution in [-0.4, -0.2) is 25.2 Å². The van der Waals surface area contributed by atoms with Gasteiger partial charge in [-0.1, -0.05) is 47.9 Å². The third-order valence-electron chi connectivity index (χ3n) is 4.75. The zero-order valence-corrected chi connectivity index (χ0v) is 19.1. The van der Waals surface area contributed by atoms with Crippen LogP contribution >= 0.6 is 0 Å². The third-order valence-corrected chi connectivity index (χ3v) is 5.63. The molecule has 0 amide bonds. The Bertz CT molecular complexity index is 580. The molecule has 0 fully saturated rings. The molecule has 0 radical (unpaired) electrons. The molecule has 0 saturated carbocycles. The van der Waals surface area contributed by atoms with Crippen molar-refractivity contribution in [1.82, 2.24) is 0 Å². The van der Waals surface area contributed by atoms with E-state index in [0.29, 0.717) is 6.42 Å². The number of hydrogen-bond donors (Lipinski definition) is 2. The highest BCUT2D eigenvalue weighted by molar-refractivity contribution is 7.79. The van der Waals surface area contributed by atoms with Gasteiger partial charge in [-0.15, -0.1) is 0 Å². The Hall–Kier alpha value is -0.970. The van der Waals surface area contributed by atoms with Crippen molar-refractivity contribution in [3.63, 3.8) is 0 Å². The second-order valence-corrected chi connectivity index (χ2v) is 9.35. The Morgan fingerprint density at radius 1 is 0.926 bits per heavy atom. The van der Waals surface area contributed by atoms with E-state index < -0.39 is 17.2 Å². The van der Waals surface area contributed by atoms with E-state index >= 15 is 0 Å². The van der Waals surface area contributed by atoms with Crippen LogP contribution in [0.15, 0.2) is 46.6 Å². The molecule has 0 spiro atoms. The summed E-state index contributed by atoms with van der Waals surface area (Å²) in [6.45, 7) is 14.2. The lowest BCUT2D eigenvalue weighted by molar-refractivity contribution is 0.172. The van der Waals surface area contributed by atoms with Gasteiger partial charge in [0.25, 0.3) is 0 Å². The van der Waals surface area contributed by atoms with Crippen LogP contribution in [0, 0.1) is 5.92 Å². The quantitative estimate of drug-likeness (QED) is 0.298. The van der Waals surface area contributed by atoms with Crippen LogP contribution in [0.1, 0.15) is 80.6 Å². The van der Waals surface area contributed by atoms with E-state index in [0.717, 1.165) is 31.3 Å². The summed E-state index contributed by atoms with van der Waals surface area (Å²) >= 11 is -1.76. The van der Waals surface area contributed by atoms with Gasteiger partial charge in [0, 0.05) is 5.92 Å². The van der Waals surface area contributed by atoms with Crippen LogP contribution in [0.4, 0.5) is 0 Å². The summed E-state index contributed by atoms with van der Waals surface area (Å²) in [6, 6.07) is 0. The Balaban J connectivity index is 4.52. The van der Waals surface area contributed by atoms with Gasteiger partial charge in [-0.25, -0.2) is 4.21 Å². The molecule has 0 aromatic carbocycles. The fourth-order valence-electron chi connectivity index (χ4n) is 2.83. The first-order valence-corrected chi connectivity index (χ1v) is 11.1. The van der Waals surface area contributed by atoms with Gasteiger partial charge in [0.1, 0.15) is 0 Å². The predicted molar refractivity (Wildman–Crippen MR) is 119 cm³/mol. The summed E-state index contributed by atoms with van der Waals surface area (Å²) in [6.07, 6.45) is 12.6. The van der Waals surface area contributed by atoms with Gasteiger partial charge in [0.05, 0.1) is 11.4 Å². The Kier molecular flexibility index (Phi) is 13.6. The van der Waals surface area contributed by atoms with Gasteiger partial charge >= 0.3 is 0 Å². The van der Waals surface area contributed by atoms with Crippen molar-refractivity contribution in [1.29, 1.82) is 0 Å². The normalized spacial score (nSPS) is 18.0. The fourth-order valence-corrected chi connectivity index (χ4v) is 3.09. The maximum atomic E-state index is 11.0. The fraction of sp³-hybridized carbons (Fsp3) is 0.652. The minimum atomic E-state index is -1.76. The average Bonchev–Trinajstić information content (AvgIpc) is 2.58. The Labute approximate surface area is 169 Å². The average molecular weight is 397 g/mol. The Morgan fingerprint density at radius 2 is 1.48 bits per heavy atom. The molecule has 4 unspecified atom stereocenters. The number of allylic oxidation sites excluding steroid dienone is 6. The van der Waals surface area contributed by atoms with E-state index in [4.69, 9.17) is 4.55 Å². The molecule has 3 nitrogen and oxygen atoms in total. The van der Waals surface area contributed by atoms with Crippen LogP contribution in [0.2, 0.25) is 0 Å². The van der Waals surface area contributed by atoms with Crippen molar-refractivity contribution in [2.75, 3.05) is 0 Å². The standard InChI is InChI=1S/C23H40O3S/c1-17(2)10-8-12-19(4)16-21(6)23(24)20(5)13-9-11-18(3)14-15-22(7)27(25)26/h10,13-14,16,21-24H,8-9,11-12,15H2,1-7H3,(H,25,26)/b18-14+,19-16+,20-13+. The van der Waals surface area contributed by atoms with Crippen LogP contribution in [0.3, 0.4) is 0 Å². The smallest absolute Gasteiger partial charge is 0.156 e. The highest BCUT2D eigenvalue weighted by atomic mass is 32.2. The molecule has 2 N–H and O–H groups in total. The van der Waals surface area contributed by atoms with E-state index in [-0.39, 0.29) is 11.2 Å². The minimum absolute atomic E-state index is 0.102. The van der Waals surface area contributed by atoms with E-state index in [1.54, 1.807) is 6.92 Å². The molecule has 0 aromatic heterocycles. The number of rotatable bonds is 12. The van der Waals surface area contributed by atoms with Crippen molar-refractivity contribution in [3.05, 3.63) is 46.6 Å². The summed E-state index contributed by atoms with van der Waals surface area (Å²) in [5.41, 5.74) is 4.89. The van der Waals surface area contributed by atoms with Gasteiger partial charge in [0.15, 0.2) is 11.1 Å². The molecule has 4 atom stereocenters. The topological polar surface area (TPSA) is 57.5 Å². The number of aliphatic hydroxyl groups excluding tert-OH is 1. The lowest BCUT2D eigenvalue weighted by Crippen LogP contribution is -2.17. The monoisotopic (exact) mass is 396 g/mol. The van der Waals surface area contributed by atoms with Gasteiger partial charge < -0.3 is 9.66 Å². The first-order valence-electron chi connectivity index (χ1n) is 9.95. The summed E-state index contributed by atoms with van der Waals surface area (Å²) in [7, 11) is 0. The lowest BCUT2D eigenvalue weighted by atomic mass is 9.94. The molecule has 156 valence electrons. The van der Waals surface area contributed by atoms with Crippen molar-refractivity contribution in [2.24, 2.45) is 5.92 Å². The molecular weight excluding hydrogens is 356 g/mol. The first-order chi connectivity index (χ1) is 12.5.